The van der Waals surface area contributed by atoms with Crippen molar-refractivity contribution in [1.82, 2.24) is 29.7 Å². The lowest BCUT2D eigenvalue weighted by Gasteiger charge is -2.30. The molecule has 1 aliphatic heterocycles. The first-order chi connectivity index (χ1) is 20.2. The fraction of sp³-hybridized carbons (Fsp3) is 0.370. The van der Waals surface area contributed by atoms with Gasteiger partial charge in [-0.3, -0.25) is 4.68 Å². The molecule has 1 aromatic carbocycles. The lowest BCUT2D eigenvalue weighted by atomic mass is 10.0. The lowest BCUT2D eigenvalue weighted by Crippen LogP contribution is -2.39. The zero-order valence-corrected chi connectivity index (χ0v) is 24.2. The van der Waals surface area contributed by atoms with Crippen molar-refractivity contribution in [3.05, 3.63) is 76.2 Å². The highest BCUT2D eigenvalue weighted by molar-refractivity contribution is 6.33. The molecule has 1 fully saturated rings. The second-order valence-electron chi connectivity index (χ2n) is 10.1. The number of rotatable bonds is 7. The van der Waals surface area contributed by atoms with Crippen molar-refractivity contribution in [2.45, 2.75) is 50.7 Å². The molecule has 0 amide bonds. The topological polar surface area (TPSA) is 75.9 Å². The molecule has 0 radical (unpaired) electrons. The maximum Gasteiger partial charge on any atom is 0.416 e. The summed E-state index contributed by atoms with van der Waals surface area (Å²) in [4.78, 5) is 20.6. The third-order valence-electron chi connectivity index (χ3n) is 7.21. The number of aryl methyl sites for hydroxylation is 1. The van der Waals surface area contributed by atoms with Gasteiger partial charge in [0.25, 0.3) is 0 Å². The van der Waals surface area contributed by atoms with E-state index in [4.69, 9.17) is 23.2 Å². The molecule has 0 spiro atoms. The van der Waals surface area contributed by atoms with Gasteiger partial charge in [0.1, 0.15) is 5.02 Å². The summed E-state index contributed by atoms with van der Waals surface area (Å²) in [6.07, 6.45) is -1.05. The van der Waals surface area contributed by atoms with Crippen molar-refractivity contribution in [3.8, 4) is 11.1 Å². The fourth-order valence-electron chi connectivity index (χ4n) is 5.16. The predicted molar refractivity (Wildman–Crippen MR) is 149 cm³/mol. The molecule has 0 aliphatic carbocycles. The third kappa shape index (κ3) is 6.80. The average Bonchev–Trinajstić information content (AvgIpc) is 3.58. The molecule has 0 N–H and O–H groups in total. The summed E-state index contributed by atoms with van der Waals surface area (Å²) in [6, 6.07) is 0.980. The summed E-state index contributed by atoms with van der Waals surface area (Å²) < 4.78 is 83.5. The van der Waals surface area contributed by atoms with E-state index in [1.165, 1.54) is 18.6 Å². The van der Waals surface area contributed by atoms with Gasteiger partial charge in [-0.05, 0) is 48.2 Å². The van der Waals surface area contributed by atoms with E-state index in [2.05, 4.69) is 25.0 Å². The smallest absolute Gasteiger partial charge is 0.350 e. The number of aromatic nitrogens is 6. The maximum absolute atomic E-state index is 13.7. The molecule has 0 saturated carbocycles. The van der Waals surface area contributed by atoms with Crippen LogP contribution in [0.5, 0.6) is 0 Å². The Hall–Kier alpha value is -3.65. The van der Waals surface area contributed by atoms with Crippen LogP contribution in [0, 0.1) is 0 Å². The number of alkyl halides is 6. The lowest BCUT2D eigenvalue weighted by molar-refractivity contribution is -0.143. The molecule has 0 bridgehead atoms. The van der Waals surface area contributed by atoms with E-state index in [0.29, 0.717) is 24.2 Å². The Kier molecular flexibility index (Phi) is 8.45. The van der Waals surface area contributed by atoms with Crippen molar-refractivity contribution < 1.29 is 26.3 Å². The van der Waals surface area contributed by atoms with Crippen molar-refractivity contribution in [2.75, 3.05) is 16.3 Å². The van der Waals surface area contributed by atoms with E-state index in [1.54, 1.807) is 29.0 Å². The van der Waals surface area contributed by atoms with Crippen LogP contribution in [0.25, 0.3) is 11.1 Å². The number of benzene rings is 1. The molecule has 5 rings (SSSR count). The number of hydrogen-bond acceptors (Lipinski definition) is 7. The monoisotopic (exact) mass is 644 g/mol. The largest absolute Gasteiger partial charge is 0.416 e. The molecule has 1 saturated heterocycles. The second kappa shape index (κ2) is 11.8. The van der Waals surface area contributed by atoms with Crippen molar-refractivity contribution >= 4 is 35.0 Å². The van der Waals surface area contributed by atoms with Crippen molar-refractivity contribution in [1.29, 1.82) is 0 Å². The van der Waals surface area contributed by atoms with Gasteiger partial charge < -0.3 is 9.80 Å². The molecular weight excluding hydrogens is 621 g/mol. The molecule has 228 valence electrons. The van der Waals surface area contributed by atoms with Crippen LogP contribution < -0.4 is 9.80 Å². The molecule has 2 unspecified atom stereocenters. The standard InChI is InChI=1S/C27H24Cl2F6N8/c1-3-20-7-21(14-42(20)23-22(28)11-36-24(29)40-23)43(25-37-8-16(9-38-25)17-10-39-41(2)13-17)12-15-4-18(26(30,31)32)6-19(5-15)27(33,34)35/h4-6,8-11,13,20-21H,3,7,12,14H2,1-2H3. The van der Waals surface area contributed by atoms with Crippen molar-refractivity contribution in [2.24, 2.45) is 7.05 Å². The minimum Gasteiger partial charge on any atom is -0.350 e. The Morgan fingerprint density at radius 2 is 1.56 bits per heavy atom. The van der Waals surface area contributed by atoms with Crippen LogP contribution in [0.2, 0.25) is 10.3 Å². The fourth-order valence-corrected chi connectivity index (χ4v) is 5.49. The summed E-state index contributed by atoms with van der Waals surface area (Å²) in [5, 5.41) is 4.35. The van der Waals surface area contributed by atoms with E-state index in [9.17, 15) is 26.3 Å². The van der Waals surface area contributed by atoms with Gasteiger partial charge in [0.15, 0.2) is 5.82 Å². The highest BCUT2D eigenvalue weighted by Crippen LogP contribution is 2.38. The van der Waals surface area contributed by atoms with Gasteiger partial charge in [-0.15, -0.1) is 0 Å². The van der Waals surface area contributed by atoms with Crippen LogP contribution in [0.15, 0.2) is 49.2 Å². The summed E-state index contributed by atoms with van der Waals surface area (Å²) in [6.45, 7) is 1.89. The van der Waals surface area contributed by atoms with Gasteiger partial charge in [0.05, 0.1) is 29.6 Å². The molecule has 8 nitrogen and oxygen atoms in total. The molecule has 3 aromatic heterocycles. The Bertz CT molecular complexity index is 1560. The van der Waals surface area contributed by atoms with Gasteiger partial charge in [-0.2, -0.15) is 36.4 Å². The molecule has 4 aromatic rings. The van der Waals surface area contributed by atoms with Crippen molar-refractivity contribution in [3.63, 3.8) is 0 Å². The highest BCUT2D eigenvalue weighted by Gasteiger charge is 2.40. The number of hydrogen-bond donors (Lipinski definition) is 0. The van der Waals surface area contributed by atoms with Crippen LogP contribution in [0.3, 0.4) is 0 Å². The Balaban J connectivity index is 1.56. The summed E-state index contributed by atoms with van der Waals surface area (Å²) in [7, 11) is 1.75. The van der Waals surface area contributed by atoms with Crippen LogP contribution in [-0.2, 0) is 25.9 Å². The van der Waals surface area contributed by atoms with Gasteiger partial charge in [-0.25, -0.2) is 15.0 Å². The van der Waals surface area contributed by atoms with Gasteiger partial charge in [-0.1, -0.05) is 18.5 Å². The number of anilines is 2. The van der Waals surface area contributed by atoms with Gasteiger partial charge in [0, 0.05) is 55.9 Å². The summed E-state index contributed by atoms with van der Waals surface area (Å²) in [5.41, 5.74) is -1.62. The van der Waals surface area contributed by atoms with Gasteiger partial charge >= 0.3 is 12.4 Å². The van der Waals surface area contributed by atoms with E-state index >= 15 is 0 Å². The highest BCUT2D eigenvalue weighted by atomic mass is 35.5. The van der Waals surface area contributed by atoms with Crippen LogP contribution in [0.4, 0.5) is 38.1 Å². The van der Waals surface area contributed by atoms with Gasteiger partial charge in [0.2, 0.25) is 11.2 Å². The van der Waals surface area contributed by atoms with E-state index in [1.807, 2.05) is 11.8 Å². The molecular formula is C27H24Cl2F6N8. The van der Waals surface area contributed by atoms with Crippen LogP contribution >= 0.6 is 23.2 Å². The first-order valence-electron chi connectivity index (χ1n) is 13.0. The summed E-state index contributed by atoms with van der Waals surface area (Å²) >= 11 is 12.4. The zero-order valence-electron chi connectivity index (χ0n) is 22.7. The molecule has 43 heavy (non-hydrogen) atoms. The SMILES string of the molecule is CCC1CC(N(Cc2cc(C(F)(F)F)cc(C(F)(F)F)c2)c2ncc(-c3cnn(C)c3)cn2)CN1c1nc(Cl)ncc1Cl. The second-order valence-corrected chi connectivity index (χ2v) is 10.9. The minimum atomic E-state index is -4.98. The minimum absolute atomic E-state index is 0.0208. The average molecular weight is 645 g/mol. The summed E-state index contributed by atoms with van der Waals surface area (Å²) in [5.74, 6) is 0.509. The van der Waals surface area contributed by atoms with E-state index in [0.717, 1.165) is 17.7 Å². The first kappa shape index (κ1) is 30.8. The first-order valence-corrected chi connectivity index (χ1v) is 13.8. The molecule has 4 heterocycles. The zero-order chi connectivity index (χ0) is 31.1. The number of nitrogens with zero attached hydrogens (tertiary/aromatic N) is 8. The van der Waals surface area contributed by atoms with E-state index < -0.39 is 29.5 Å². The third-order valence-corrected chi connectivity index (χ3v) is 7.66. The van der Waals surface area contributed by atoms with E-state index in [-0.39, 0.29) is 47.0 Å². The van der Waals surface area contributed by atoms with Crippen LogP contribution in [0.1, 0.15) is 36.5 Å². The molecule has 2 atom stereocenters. The Morgan fingerprint density at radius 3 is 2.12 bits per heavy atom. The molecule has 16 heteroatoms. The molecule has 1 aliphatic rings. The Labute approximate surface area is 252 Å². The van der Waals surface area contributed by atoms with Crippen LogP contribution in [-0.4, -0.2) is 48.3 Å². The predicted octanol–water partition coefficient (Wildman–Crippen LogP) is 7.08. The maximum atomic E-state index is 13.7. The number of halogens is 8. The normalized spacial score (nSPS) is 17.5. The quantitative estimate of drug-likeness (QED) is 0.157. The Morgan fingerprint density at radius 1 is 0.907 bits per heavy atom.